The van der Waals surface area contributed by atoms with Gasteiger partial charge in [0.25, 0.3) is 0 Å². The fourth-order valence-electron chi connectivity index (χ4n) is 0.891. The molecule has 0 amide bonds. The van der Waals surface area contributed by atoms with E-state index >= 15 is 0 Å². The molecule has 0 N–H and O–H groups in total. The molecule has 0 atom stereocenters. The molecule has 0 saturated heterocycles. The first-order chi connectivity index (χ1) is 5.41. The van der Waals surface area contributed by atoms with Gasteiger partial charge in [-0.15, -0.1) is 0 Å². The van der Waals surface area contributed by atoms with Crippen LogP contribution in [0.15, 0.2) is 12.2 Å². The third kappa shape index (κ3) is 10.9. The molecule has 0 heterocycles. The standard InChI is InChI=1S/C9H16BrI/c10-8-6-4-2-1-3-5-7-9-11/h5,7H,1-4,6,8-9H2. The van der Waals surface area contributed by atoms with E-state index in [-0.39, 0.29) is 0 Å². The molecule has 11 heavy (non-hydrogen) atoms. The van der Waals surface area contributed by atoms with E-state index in [1.165, 1.54) is 32.1 Å². The van der Waals surface area contributed by atoms with Crippen LogP contribution in [0.2, 0.25) is 0 Å². The van der Waals surface area contributed by atoms with Crippen molar-refractivity contribution in [3.63, 3.8) is 0 Å². The summed E-state index contributed by atoms with van der Waals surface area (Å²) in [5.41, 5.74) is 0. The van der Waals surface area contributed by atoms with E-state index in [0.717, 1.165) is 9.76 Å². The number of alkyl halides is 2. The number of hydrogen-bond donors (Lipinski definition) is 0. The maximum absolute atomic E-state index is 3.43. The highest BCUT2D eigenvalue weighted by Crippen LogP contribution is 2.04. The minimum atomic E-state index is 1.15. The summed E-state index contributed by atoms with van der Waals surface area (Å²) in [5, 5.41) is 1.16. The highest BCUT2D eigenvalue weighted by molar-refractivity contribution is 14.1. The van der Waals surface area contributed by atoms with Gasteiger partial charge in [-0.05, 0) is 19.3 Å². The summed E-state index contributed by atoms with van der Waals surface area (Å²) in [6, 6.07) is 0. The number of hydrogen-bond acceptors (Lipinski definition) is 0. The van der Waals surface area contributed by atoms with Gasteiger partial charge in [-0.25, -0.2) is 0 Å². The fourth-order valence-corrected chi connectivity index (χ4v) is 1.65. The van der Waals surface area contributed by atoms with Gasteiger partial charge >= 0.3 is 0 Å². The third-order valence-electron chi connectivity index (χ3n) is 1.51. The summed E-state index contributed by atoms with van der Waals surface area (Å²) < 4.78 is 1.15. The van der Waals surface area contributed by atoms with Crippen LogP contribution in [-0.4, -0.2) is 9.76 Å². The van der Waals surface area contributed by atoms with Crippen molar-refractivity contribution in [3.8, 4) is 0 Å². The third-order valence-corrected chi connectivity index (χ3v) is 2.58. The average Bonchev–Trinajstić information content (AvgIpc) is 2.03. The smallest absolute Gasteiger partial charge is 0.0175 e. The molecular formula is C9H16BrI. The Bertz CT molecular complexity index is 91.6. The zero-order valence-electron chi connectivity index (χ0n) is 6.86. The molecule has 66 valence electrons. The SMILES string of the molecule is BrCCCCCCC=CCI. The van der Waals surface area contributed by atoms with E-state index < -0.39 is 0 Å². The molecule has 0 aromatic rings. The lowest BCUT2D eigenvalue weighted by molar-refractivity contribution is 0.679. The molecule has 0 aliphatic carbocycles. The van der Waals surface area contributed by atoms with Crippen molar-refractivity contribution in [1.82, 2.24) is 0 Å². The van der Waals surface area contributed by atoms with E-state index in [1.54, 1.807) is 0 Å². The van der Waals surface area contributed by atoms with Crippen LogP contribution in [0.1, 0.15) is 32.1 Å². The number of unbranched alkanes of at least 4 members (excludes halogenated alkanes) is 4. The molecule has 0 aromatic carbocycles. The summed E-state index contributed by atoms with van der Waals surface area (Å²) in [6.45, 7) is 0. The predicted molar refractivity (Wildman–Crippen MR) is 64.9 cm³/mol. The molecule has 0 spiro atoms. The molecule has 0 bridgehead atoms. The Morgan fingerprint density at radius 1 is 1.00 bits per heavy atom. The Kier molecular flexibility index (Phi) is 11.9. The van der Waals surface area contributed by atoms with E-state index in [0.29, 0.717) is 0 Å². The van der Waals surface area contributed by atoms with Crippen LogP contribution in [0.3, 0.4) is 0 Å². The number of allylic oxidation sites excluding steroid dienone is 2. The molecule has 0 radical (unpaired) electrons. The van der Waals surface area contributed by atoms with Gasteiger partial charge in [-0.1, -0.05) is 63.5 Å². The average molecular weight is 331 g/mol. The summed E-state index contributed by atoms with van der Waals surface area (Å²) in [7, 11) is 0. The van der Waals surface area contributed by atoms with E-state index in [9.17, 15) is 0 Å². The van der Waals surface area contributed by atoms with Crippen LogP contribution < -0.4 is 0 Å². The second kappa shape index (κ2) is 11.0. The quantitative estimate of drug-likeness (QED) is 0.282. The van der Waals surface area contributed by atoms with Gasteiger partial charge in [0, 0.05) is 9.76 Å². The molecule has 0 aliphatic rings. The molecule has 0 nitrogen and oxygen atoms in total. The topological polar surface area (TPSA) is 0 Å². The van der Waals surface area contributed by atoms with Gasteiger partial charge < -0.3 is 0 Å². The van der Waals surface area contributed by atoms with E-state index in [2.05, 4.69) is 50.7 Å². The maximum Gasteiger partial charge on any atom is 0.0175 e. The van der Waals surface area contributed by atoms with E-state index in [4.69, 9.17) is 0 Å². The molecule has 0 saturated carbocycles. The van der Waals surface area contributed by atoms with Gasteiger partial charge in [-0.3, -0.25) is 0 Å². The minimum absolute atomic E-state index is 1.15. The second-order valence-electron chi connectivity index (χ2n) is 2.52. The van der Waals surface area contributed by atoms with Crippen LogP contribution in [-0.2, 0) is 0 Å². The second-order valence-corrected chi connectivity index (χ2v) is 4.19. The van der Waals surface area contributed by atoms with Crippen LogP contribution in [0, 0.1) is 0 Å². The first-order valence-electron chi connectivity index (χ1n) is 4.18. The minimum Gasteiger partial charge on any atom is -0.0928 e. The molecule has 0 aromatic heterocycles. The fraction of sp³-hybridized carbons (Fsp3) is 0.778. The Morgan fingerprint density at radius 3 is 2.36 bits per heavy atom. The van der Waals surface area contributed by atoms with Crippen molar-refractivity contribution in [2.75, 3.05) is 9.76 Å². The van der Waals surface area contributed by atoms with Gasteiger partial charge in [0.15, 0.2) is 0 Å². The van der Waals surface area contributed by atoms with Crippen LogP contribution >= 0.6 is 38.5 Å². The Morgan fingerprint density at radius 2 is 1.73 bits per heavy atom. The summed E-state index contributed by atoms with van der Waals surface area (Å²) in [6.07, 6.45) is 11.3. The molecule has 0 rings (SSSR count). The first-order valence-corrected chi connectivity index (χ1v) is 6.83. The van der Waals surface area contributed by atoms with E-state index in [1.807, 2.05) is 0 Å². The Hall–Kier alpha value is 0.950. The van der Waals surface area contributed by atoms with Crippen molar-refractivity contribution in [2.45, 2.75) is 32.1 Å². The van der Waals surface area contributed by atoms with Crippen molar-refractivity contribution < 1.29 is 0 Å². The Balaban J connectivity index is 2.85. The lowest BCUT2D eigenvalue weighted by Crippen LogP contribution is -1.77. The summed E-state index contributed by atoms with van der Waals surface area (Å²) in [4.78, 5) is 0. The van der Waals surface area contributed by atoms with Crippen molar-refractivity contribution in [3.05, 3.63) is 12.2 Å². The number of halogens is 2. The van der Waals surface area contributed by atoms with Crippen LogP contribution in [0.5, 0.6) is 0 Å². The molecule has 0 fully saturated rings. The summed E-state index contributed by atoms with van der Waals surface area (Å²) in [5.74, 6) is 0. The normalized spacial score (nSPS) is 11.1. The zero-order chi connectivity index (χ0) is 8.36. The molecule has 2 heteroatoms. The zero-order valence-corrected chi connectivity index (χ0v) is 10.6. The van der Waals surface area contributed by atoms with Gasteiger partial charge in [0.1, 0.15) is 0 Å². The lowest BCUT2D eigenvalue weighted by Gasteiger charge is -1.94. The molecule has 0 unspecified atom stereocenters. The van der Waals surface area contributed by atoms with Crippen molar-refractivity contribution in [2.24, 2.45) is 0 Å². The highest BCUT2D eigenvalue weighted by Gasteiger charge is 1.85. The molecular weight excluding hydrogens is 315 g/mol. The van der Waals surface area contributed by atoms with Gasteiger partial charge in [-0.2, -0.15) is 0 Å². The van der Waals surface area contributed by atoms with Crippen LogP contribution in [0.4, 0.5) is 0 Å². The van der Waals surface area contributed by atoms with Gasteiger partial charge in [0.05, 0.1) is 0 Å². The van der Waals surface area contributed by atoms with Crippen LogP contribution in [0.25, 0.3) is 0 Å². The lowest BCUT2D eigenvalue weighted by atomic mass is 10.1. The van der Waals surface area contributed by atoms with Crippen molar-refractivity contribution in [1.29, 1.82) is 0 Å². The summed E-state index contributed by atoms with van der Waals surface area (Å²) >= 11 is 5.80. The number of rotatable bonds is 7. The van der Waals surface area contributed by atoms with Crippen molar-refractivity contribution >= 4 is 38.5 Å². The van der Waals surface area contributed by atoms with Gasteiger partial charge in [0.2, 0.25) is 0 Å². The highest BCUT2D eigenvalue weighted by atomic mass is 127. The Labute approximate surface area is 92.1 Å². The monoisotopic (exact) mass is 330 g/mol. The maximum atomic E-state index is 3.43. The largest absolute Gasteiger partial charge is 0.0928 e. The predicted octanol–water partition coefficient (Wildman–Crippen LogP) is 4.32. The molecule has 0 aliphatic heterocycles. The first kappa shape index (κ1) is 11.9.